The molecule has 0 fully saturated rings. The minimum Gasteiger partial charge on any atom is -0.423 e. The number of nitrogens with zero attached hydrogens (tertiary/aromatic N) is 3. The molecule has 3 N–H and O–H groups in total. The SMILES string of the molecule is Cc1ccccc1C1N=C(Nc2nc3ccccc3o2)NC2=C1C(=O)CC(C(=O)NC1=NCC=CS1)C2. The number of allylic oxidation sites excluding steroid dienone is 1. The van der Waals surface area contributed by atoms with Gasteiger partial charge in [-0.05, 0) is 35.6 Å². The molecule has 0 spiro atoms. The molecule has 37 heavy (non-hydrogen) atoms. The fourth-order valence-electron chi connectivity index (χ4n) is 4.73. The highest BCUT2D eigenvalue weighted by molar-refractivity contribution is 8.16. The summed E-state index contributed by atoms with van der Waals surface area (Å²) in [6, 6.07) is 15.1. The first-order chi connectivity index (χ1) is 18.0. The lowest BCUT2D eigenvalue weighted by Crippen LogP contribution is -2.44. The van der Waals surface area contributed by atoms with Crippen LogP contribution in [0.1, 0.15) is 30.0 Å². The predicted molar refractivity (Wildman–Crippen MR) is 144 cm³/mol. The van der Waals surface area contributed by atoms with Gasteiger partial charge < -0.3 is 15.1 Å². The van der Waals surface area contributed by atoms with Crippen molar-refractivity contribution in [1.29, 1.82) is 0 Å². The molecule has 1 aliphatic carbocycles. The molecule has 0 saturated heterocycles. The molecule has 2 atom stereocenters. The summed E-state index contributed by atoms with van der Waals surface area (Å²) < 4.78 is 5.83. The first-order valence-electron chi connectivity index (χ1n) is 12.0. The van der Waals surface area contributed by atoms with E-state index >= 15 is 0 Å². The lowest BCUT2D eigenvalue weighted by Gasteiger charge is -2.33. The minimum atomic E-state index is -0.519. The van der Waals surface area contributed by atoms with Crippen LogP contribution in [0.4, 0.5) is 6.01 Å². The highest BCUT2D eigenvalue weighted by Gasteiger charge is 2.39. The molecular formula is C27H24N6O3S. The molecule has 1 aromatic heterocycles. The number of aryl methyl sites for hydroxylation is 1. The van der Waals surface area contributed by atoms with Crippen LogP contribution >= 0.6 is 11.8 Å². The van der Waals surface area contributed by atoms with E-state index in [0.717, 1.165) is 16.6 Å². The standard InChI is InChI=1S/C27H24N6O3S/c1-15-7-2-3-8-17(15)23-22-19(13-16(14-20(22)34)24(35)32-27-28-11-6-12-37-27)29-25(31-23)33-26-30-18-9-4-5-10-21(18)36-26/h2-10,12,16,23H,11,13-14H2,1H3,(H,28,32,35)(H2,29,30,31,33). The molecule has 0 saturated carbocycles. The normalized spacial score (nSPS) is 21.2. The van der Waals surface area contributed by atoms with E-state index in [9.17, 15) is 9.59 Å². The van der Waals surface area contributed by atoms with Gasteiger partial charge >= 0.3 is 6.01 Å². The Bertz CT molecular complexity index is 1500. The zero-order valence-corrected chi connectivity index (χ0v) is 20.8. The molecule has 2 unspecified atom stereocenters. The number of aromatic nitrogens is 1. The van der Waals surface area contributed by atoms with Gasteiger partial charge in [-0.2, -0.15) is 4.98 Å². The number of amides is 1. The van der Waals surface area contributed by atoms with Crippen LogP contribution in [0.2, 0.25) is 0 Å². The number of Topliss-reactive ketones (excluding diaryl/α,β-unsaturated/α-hetero) is 1. The first kappa shape index (κ1) is 23.2. The zero-order valence-electron chi connectivity index (χ0n) is 20.0. The third kappa shape index (κ3) is 4.67. The quantitative estimate of drug-likeness (QED) is 0.481. The molecule has 2 aromatic carbocycles. The van der Waals surface area contributed by atoms with Gasteiger partial charge in [-0.25, -0.2) is 4.99 Å². The second-order valence-electron chi connectivity index (χ2n) is 9.02. The summed E-state index contributed by atoms with van der Waals surface area (Å²) in [6.45, 7) is 2.53. The Morgan fingerprint density at radius 2 is 1.97 bits per heavy atom. The Kier molecular flexibility index (Phi) is 6.09. The van der Waals surface area contributed by atoms with E-state index in [4.69, 9.17) is 9.41 Å². The van der Waals surface area contributed by atoms with Crippen LogP contribution in [-0.4, -0.2) is 34.3 Å². The van der Waals surface area contributed by atoms with E-state index in [-0.39, 0.29) is 24.1 Å². The first-order valence-corrected chi connectivity index (χ1v) is 12.9. The van der Waals surface area contributed by atoms with Crippen molar-refractivity contribution in [3.8, 4) is 0 Å². The average molecular weight is 513 g/mol. The lowest BCUT2D eigenvalue weighted by molar-refractivity contribution is -0.128. The number of carbonyl (C=O) groups excluding carboxylic acids is 2. The van der Waals surface area contributed by atoms with Crippen molar-refractivity contribution in [1.82, 2.24) is 15.6 Å². The monoisotopic (exact) mass is 512 g/mol. The number of aliphatic imine (C=N–C) groups is 2. The third-order valence-electron chi connectivity index (χ3n) is 6.53. The predicted octanol–water partition coefficient (Wildman–Crippen LogP) is 4.21. The molecule has 3 aliphatic rings. The van der Waals surface area contributed by atoms with Crippen molar-refractivity contribution < 1.29 is 14.0 Å². The molecule has 0 bridgehead atoms. The van der Waals surface area contributed by atoms with E-state index < -0.39 is 12.0 Å². The maximum atomic E-state index is 13.5. The summed E-state index contributed by atoms with van der Waals surface area (Å²) in [7, 11) is 0. The van der Waals surface area contributed by atoms with Crippen LogP contribution in [-0.2, 0) is 9.59 Å². The van der Waals surface area contributed by atoms with Crippen molar-refractivity contribution in [2.45, 2.75) is 25.8 Å². The number of hydrogen-bond donors (Lipinski definition) is 3. The van der Waals surface area contributed by atoms with Crippen molar-refractivity contribution in [2.75, 3.05) is 11.9 Å². The van der Waals surface area contributed by atoms with Crippen LogP contribution in [0.15, 0.2) is 85.7 Å². The minimum absolute atomic E-state index is 0.0926. The number of rotatable bonds is 3. The largest absolute Gasteiger partial charge is 0.423 e. The molecule has 9 nitrogen and oxygen atoms in total. The molecule has 2 aliphatic heterocycles. The van der Waals surface area contributed by atoms with Gasteiger partial charge in [0, 0.05) is 24.1 Å². The number of amidine groups is 1. The molecule has 10 heteroatoms. The smallest absolute Gasteiger partial charge is 0.302 e. The molecule has 0 radical (unpaired) electrons. The van der Waals surface area contributed by atoms with Crippen LogP contribution in [0, 0.1) is 12.8 Å². The van der Waals surface area contributed by atoms with Gasteiger partial charge in [-0.15, -0.1) is 0 Å². The Labute approximate surface area is 217 Å². The van der Waals surface area contributed by atoms with Crippen molar-refractivity contribution in [3.63, 3.8) is 0 Å². The molecule has 186 valence electrons. The van der Waals surface area contributed by atoms with Gasteiger partial charge in [0.05, 0.1) is 12.5 Å². The number of carbonyl (C=O) groups is 2. The Morgan fingerprint density at radius 3 is 2.78 bits per heavy atom. The second-order valence-corrected chi connectivity index (χ2v) is 9.91. The molecule has 3 heterocycles. The van der Waals surface area contributed by atoms with Crippen molar-refractivity contribution >= 4 is 51.7 Å². The Morgan fingerprint density at radius 1 is 1.14 bits per heavy atom. The van der Waals surface area contributed by atoms with Gasteiger partial charge in [0.15, 0.2) is 16.5 Å². The fraction of sp³-hybridized carbons (Fsp3) is 0.222. The van der Waals surface area contributed by atoms with E-state index in [1.54, 1.807) is 0 Å². The summed E-state index contributed by atoms with van der Waals surface area (Å²) >= 11 is 1.36. The molecule has 3 aromatic rings. The van der Waals surface area contributed by atoms with Crippen LogP contribution in [0.3, 0.4) is 0 Å². The van der Waals surface area contributed by atoms with Crippen LogP contribution in [0.25, 0.3) is 11.1 Å². The number of nitrogens with one attached hydrogen (secondary N) is 3. The number of benzene rings is 2. The number of ketones is 1. The lowest BCUT2D eigenvalue weighted by atomic mass is 9.79. The summed E-state index contributed by atoms with van der Waals surface area (Å²) in [5, 5.41) is 11.7. The summed E-state index contributed by atoms with van der Waals surface area (Å²) in [5.74, 6) is -0.421. The number of anilines is 1. The fourth-order valence-corrected chi connectivity index (χ4v) is 5.35. The summed E-state index contributed by atoms with van der Waals surface area (Å²) in [6.07, 6.45) is 2.41. The number of fused-ring (bicyclic) bond motifs is 1. The molecule has 1 amide bonds. The number of guanidine groups is 1. The van der Waals surface area contributed by atoms with Gasteiger partial charge in [0.25, 0.3) is 0 Å². The summed E-state index contributed by atoms with van der Waals surface area (Å²) in [4.78, 5) is 40.2. The second kappa shape index (κ2) is 9.70. The van der Waals surface area contributed by atoms with Crippen LogP contribution in [0.5, 0.6) is 0 Å². The Balaban J connectivity index is 1.31. The van der Waals surface area contributed by atoms with E-state index in [1.807, 2.05) is 66.9 Å². The molecular weight excluding hydrogens is 488 g/mol. The van der Waals surface area contributed by atoms with Gasteiger partial charge in [0.2, 0.25) is 11.9 Å². The highest BCUT2D eigenvalue weighted by atomic mass is 32.2. The van der Waals surface area contributed by atoms with Crippen molar-refractivity contribution in [2.24, 2.45) is 15.9 Å². The van der Waals surface area contributed by atoms with Crippen LogP contribution < -0.4 is 16.0 Å². The Hall–Kier alpha value is -4.18. The van der Waals surface area contributed by atoms with Crippen molar-refractivity contribution in [3.05, 3.63) is 82.4 Å². The van der Waals surface area contributed by atoms with E-state index in [1.165, 1.54) is 11.8 Å². The number of hydrogen-bond acceptors (Lipinski definition) is 9. The highest BCUT2D eigenvalue weighted by Crippen LogP contribution is 2.39. The number of para-hydroxylation sites is 2. The average Bonchev–Trinajstić information content (AvgIpc) is 3.31. The van der Waals surface area contributed by atoms with Gasteiger partial charge in [0.1, 0.15) is 11.6 Å². The molecule has 6 rings (SSSR count). The summed E-state index contributed by atoms with van der Waals surface area (Å²) in [5.41, 5.74) is 4.60. The topological polar surface area (TPSA) is 121 Å². The number of oxazole rings is 1. The van der Waals surface area contributed by atoms with E-state index in [0.29, 0.717) is 40.9 Å². The van der Waals surface area contributed by atoms with Gasteiger partial charge in [-0.3, -0.25) is 19.9 Å². The number of thioether (sulfide) groups is 1. The maximum Gasteiger partial charge on any atom is 0.302 e. The zero-order chi connectivity index (χ0) is 25.4. The third-order valence-corrected chi connectivity index (χ3v) is 7.31. The van der Waals surface area contributed by atoms with Gasteiger partial charge in [-0.1, -0.05) is 54.2 Å². The maximum absolute atomic E-state index is 13.5. The van der Waals surface area contributed by atoms with E-state index in [2.05, 4.69) is 25.9 Å².